The zero-order valence-electron chi connectivity index (χ0n) is 13.8. The van der Waals surface area contributed by atoms with Gasteiger partial charge >= 0.3 is 0 Å². The smallest absolute Gasteiger partial charge is 0.239 e. The zero-order valence-corrected chi connectivity index (χ0v) is 13.8. The van der Waals surface area contributed by atoms with Gasteiger partial charge in [0.15, 0.2) is 11.5 Å². The average molecular weight is 326 g/mol. The Balaban J connectivity index is 1.61. The summed E-state index contributed by atoms with van der Waals surface area (Å²) in [5.74, 6) is 1.39. The number of nitrogens with two attached hydrogens (primary N) is 1. The molecule has 0 radical (unpaired) electrons. The van der Waals surface area contributed by atoms with Crippen molar-refractivity contribution < 1.29 is 14.3 Å². The lowest BCUT2D eigenvalue weighted by Gasteiger charge is -2.22. The minimum absolute atomic E-state index is 0.0752. The van der Waals surface area contributed by atoms with Gasteiger partial charge in [-0.1, -0.05) is 36.4 Å². The van der Waals surface area contributed by atoms with Crippen molar-refractivity contribution in [1.29, 1.82) is 0 Å². The highest BCUT2D eigenvalue weighted by atomic mass is 16.6. The molecule has 0 bridgehead atoms. The highest BCUT2D eigenvalue weighted by molar-refractivity contribution is 5.81. The lowest BCUT2D eigenvalue weighted by Crippen LogP contribution is -2.42. The van der Waals surface area contributed by atoms with E-state index in [2.05, 4.69) is 0 Å². The van der Waals surface area contributed by atoms with Crippen LogP contribution in [0.15, 0.2) is 48.5 Å². The van der Waals surface area contributed by atoms with Crippen LogP contribution in [0.2, 0.25) is 0 Å². The minimum atomic E-state index is -0.582. The molecule has 1 aliphatic rings. The number of rotatable bonds is 5. The average Bonchev–Trinajstić information content (AvgIpc) is 2.61. The van der Waals surface area contributed by atoms with E-state index in [4.69, 9.17) is 15.2 Å². The van der Waals surface area contributed by atoms with E-state index in [0.717, 1.165) is 22.6 Å². The van der Waals surface area contributed by atoms with Gasteiger partial charge in [0.05, 0.1) is 6.04 Å². The molecule has 3 rings (SSSR count). The second-order valence-electron chi connectivity index (χ2n) is 5.97. The molecular formula is C19H22N2O3. The van der Waals surface area contributed by atoms with E-state index in [1.807, 2.05) is 48.5 Å². The number of fused-ring (bicyclic) bond motifs is 1. The third-order valence-electron chi connectivity index (χ3n) is 4.02. The first-order valence-electron chi connectivity index (χ1n) is 8.06. The van der Waals surface area contributed by atoms with E-state index >= 15 is 0 Å². The van der Waals surface area contributed by atoms with Gasteiger partial charge in [0, 0.05) is 13.6 Å². The quantitative estimate of drug-likeness (QED) is 0.912. The van der Waals surface area contributed by atoms with Crippen molar-refractivity contribution in [2.75, 3.05) is 20.3 Å². The van der Waals surface area contributed by atoms with Crippen molar-refractivity contribution in [3.05, 3.63) is 59.7 Å². The normalized spacial score (nSPS) is 14.1. The van der Waals surface area contributed by atoms with Gasteiger partial charge in [-0.05, 0) is 29.7 Å². The van der Waals surface area contributed by atoms with Crippen LogP contribution in [0.5, 0.6) is 11.5 Å². The van der Waals surface area contributed by atoms with Gasteiger partial charge in [0.2, 0.25) is 5.91 Å². The van der Waals surface area contributed by atoms with Crippen molar-refractivity contribution in [2.24, 2.45) is 5.73 Å². The molecule has 5 nitrogen and oxygen atoms in total. The van der Waals surface area contributed by atoms with Crippen molar-refractivity contribution in [3.8, 4) is 11.5 Å². The first kappa shape index (κ1) is 16.3. The molecule has 24 heavy (non-hydrogen) atoms. The Morgan fingerprint density at radius 1 is 1.08 bits per heavy atom. The Labute approximate surface area is 142 Å². The van der Waals surface area contributed by atoms with Crippen LogP contribution in [0.25, 0.3) is 0 Å². The fourth-order valence-corrected chi connectivity index (χ4v) is 2.77. The lowest BCUT2D eigenvalue weighted by atomic mass is 10.0. The van der Waals surface area contributed by atoms with Crippen LogP contribution in [0.4, 0.5) is 0 Å². The molecule has 0 aliphatic carbocycles. The second-order valence-corrected chi connectivity index (χ2v) is 5.97. The largest absolute Gasteiger partial charge is 0.486 e. The summed E-state index contributed by atoms with van der Waals surface area (Å²) >= 11 is 0. The Kier molecular flexibility index (Phi) is 5.01. The fraction of sp³-hybridized carbons (Fsp3) is 0.316. The molecule has 0 spiro atoms. The maximum Gasteiger partial charge on any atom is 0.239 e. The summed E-state index contributed by atoms with van der Waals surface area (Å²) in [4.78, 5) is 14.2. The van der Waals surface area contributed by atoms with Gasteiger partial charge in [-0.25, -0.2) is 0 Å². The highest BCUT2D eigenvalue weighted by Crippen LogP contribution is 2.31. The summed E-state index contributed by atoms with van der Waals surface area (Å²) in [5, 5.41) is 0. The highest BCUT2D eigenvalue weighted by Gasteiger charge is 2.20. The summed E-state index contributed by atoms with van der Waals surface area (Å²) in [7, 11) is 1.78. The molecule has 1 atom stereocenters. The molecule has 0 saturated carbocycles. The predicted molar refractivity (Wildman–Crippen MR) is 92.0 cm³/mol. The maximum absolute atomic E-state index is 12.5. The molecule has 0 aromatic heterocycles. The van der Waals surface area contributed by atoms with Crippen LogP contribution < -0.4 is 15.2 Å². The van der Waals surface area contributed by atoms with Crippen LogP contribution in [0.3, 0.4) is 0 Å². The summed E-state index contributed by atoms with van der Waals surface area (Å²) in [5.41, 5.74) is 8.17. The Bertz CT molecular complexity index is 703. The zero-order chi connectivity index (χ0) is 16.9. The van der Waals surface area contributed by atoms with E-state index in [9.17, 15) is 4.79 Å². The fourth-order valence-electron chi connectivity index (χ4n) is 2.77. The Hall–Kier alpha value is -2.53. The molecule has 5 heteroatoms. The van der Waals surface area contributed by atoms with Crippen molar-refractivity contribution >= 4 is 5.91 Å². The SMILES string of the molecule is CN(Cc1ccccc1)C(=O)[C@@H](N)Cc1ccc2c(c1)OCCO2. The number of hydrogen-bond donors (Lipinski definition) is 1. The van der Waals surface area contributed by atoms with Crippen LogP contribution in [-0.4, -0.2) is 37.1 Å². The number of amides is 1. The molecule has 1 amide bonds. The standard InChI is InChI=1S/C19H22N2O3/c1-21(13-14-5-3-2-4-6-14)19(22)16(20)11-15-7-8-17-18(12-15)24-10-9-23-17/h2-8,12,16H,9-11,13,20H2,1H3/t16-/m0/s1. The molecule has 2 aromatic carbocycles. The van der Waals surface area contributed by atoms with Crippen LogP contribution >= 0.6 is 0 Å². The summed E-state index contributed by atoms with van der Waals surface area (Å²) in [6.07, 6.45) is 0.467. The van der Waals surface area contributed by atoms with E-state index in [0.29, 0.717) is 26.2 Å². The van der Waals surface area contributed by atoms with E-state index in [1.54, 1.807) is 11.9 Å². The van der Waals surface area contributed by atoms with Gasteiger partial charge < -0.3 is 20.1 Å². The first-order valence-corrected chi connectivity index (χ1v) is 8.06. The molecule has 1 heterocycles. The number of likely N-dealkylation sites (N-methyl/N-ethyl adjacent to an activating group) is 1. The number of nitrogens with zero attached hydrogens (tertiary/aromatic N) is 1. The molecule has 0 fully saturated rings. The topological polar surface area (TPSA) is 64.8 Å². The van der Waals surface area contributed by atoms with Gasteiger partial charge in [-0.15, -0.1) is 0 Å². The van der Waals surface area contributed by atoms with Gasteiger partial charge in [-0.3, -0.25) is 4.79 Å². The number of carbonyl (C=O) groups is 1. The number of carbonyl (C=O) groups excluding carboxylic acids is 1. The summed E-state index contributed by atoms with van der Waals surface area (Å²) in [6.45, 7) is 1.66. The number of ether oxygens (including phenoxy) is 2. The monoisotopic (exact) mass is 326 g/mol. The van der Waals surface area contributed by atoms with E-state index in [1.165, 1.54) is 0 Å². The Morgan fingerprint density at radius 2 is 1.79 bits per heavy atom. The predicted octanol–water partition coefficient (Wildman–Crippen LogP) is 1.99. The molecule has 2 aromatic rings. The minimum Gasteiger partial charge on any atom is -0.486 e. The molecule has 0 saturated heterocycles. The van der Waals surface area contributed by atoms with Gasteiger partial charge in [0.25, 0.3) is 0 Å². The van der Waals surface area contributed by atoms with E-state index in [-0.39, 0.29) is 5.91 Å². The molecule has 126 valence electrons. The van der Waals surface area contributed by atoms with Gasteiger partial charge in [-0.2, -0.15) is 0 Å². The molecule has 2 N–H and O–H groups in total. The lowest BCUT2D eigenvalue weighted by molar-refractivity contribution is -0.131. The molecule has 0 unspecified atom stereocenters. The van der Waals surface area contributed by atoms with Crippen molar-refractivity contribution in [2.45, 2.75) is 19.0 Å². The summed E-state index contributed by atoms with van der Waals surface area (Å²) in [6, 6.07) is 15.0. The van der Waals surface area contributed by atoms with Crippen LogP contribution in [-0.2, 0) is 17.8 Å². The molecular weight excluding hydrogens is 304 g/mol. The molecule has 1 aliphatic heterocycles. The summed E-state index contributed by atoms with van der Waals surface area (Å²) < 4.78 is 11.1. The van der Waals surface area contributed by atoms with Crippen LogP contribution in [0.1, 0.15) is 11.1 Å². The number of benzene rings is 2. The van der Waals surface area contributed by atoms with Crippen molar-refractivity contribution in [1.82, 2.24) is 4.90 Å². The third-order valence-corrected chi connectivity index (χ3v) is 4.02. The number of hydrogen-bond acceptors (Lipinski definition) is 4. The first-order chi connectivity index (χ1) is 11.6. The Morgan fingerprint density at radius 3 is 2.54 bits per heavy atom. The van der Waals surface area contributed by atoms with E-state index < -0.39 is 6.04 Å². The third kappa shape index (κ3) is 3.86. The van der Waals surface area contributed by atoms with Crippen molar-refractivity contribution in [3.63, 3.8) is 0 Å². The van der Waals surface area contributed by atoms with Crippen LogP contribution in [0, 0.1) is 0 Å². The van der Waals surface area contributed by atoms with Gasteiger partial charge in [0.1, 0.15) is 13.2 Å². The maximum atomic E-state index is 12.5. The second kappa shape index (κ2) is 7.36.